The van der Waals surface area contributed by atoms with E-state index in [9.17, 15) is 4.79 Å². The number of ether oxygens (including phenoxy) is 2. The molecule has 0 bridgehead atoms. The first-order valence-electron chi connectivity index (χ1n) is 6.60. The van der Waals surface area contributed by atoms with E-state index in [-0.39, 0.29) is 11.3 Å². The lowest BCUT2D eigenvalue weighted by atomic mass is 9.96. The van der Waals surface area contributed by atoms with Gasteiger partial charge in [0.2, 0.25) is 5.91 Å². The Morgan fingerprint density at radius 1 is 1.26 bits per heavy atom. The molecule has 1 aliphatic rings. The number of carbonyl (C=O) groups is 1. The second-order valence-corrected chi connectivity index (χ2v) is 5.03. The van der Waals surface area contributed by atoms with Crippen molar-refractivity contribution in [3.8, 4) is 5.75 Å². The molecule has 1 aromatic rings. The summed E-state index contributed by atoms with van der Waals surface area (Å²) in [5.41, 5.74) is 1.41. The fourth-order valence-corrected chi connectivity index (χ4v) is 2.21. The van der Waals surface area contributed by atoms with Crippen molar-refractivity contribution >= 4 is 5.91 Å². The van der Waals surface area contributed by atoms with Gasteiger partial charge in [0, 0.05) is 25.5 Å². The lowest BCUT2D eigenvalue weighted by Crippen LogP contribution is -2.32. The summed E-state index contributed by atoms with van der Waals surface area (Å²) in [6.45, 7) is 1.18. The number of benzene rings is 1. The summed E-state index contributed by atoms with van der Waals surface area (Å²) in [5, 5.41) is 3.00. The Hall–Kier alpha value is -1.55. The number of hydrogen-bond donors (Lipinski definition) is 1. The average Bonchev–Trinajstić information content (AvgIpc) is 3.24. The van der Waals surface area contributed by atoms with Crippen LogP contribution in [0.15, 0.2) is 24.3 Å². The molecule has 1 N–H and O–H groups in total. The third-order valence-electron chi connectivity index (χ3n) is 3.71. The number of amides is 1. The maximum Gasteiger partial charge on any atom is 0.222 e. The van der Waals surface area contributed by atoms with E-state index in [1.54, 1.807) is 14.2 Å². The highest BCUT2D eigenvalue weighted by Crippen LogP contribution is 2.47. The maximum absolute atomic E-state index is 11.6. The highest BCUT2D eigenvalue weighted by atomic mass is 16.5. The van der Waals surface area contributed by atoms with E-state index in [0.29, 0.717) is 19.6 Å². The molecule has 0 radical (unpaired) electrons. The zero-order valence-electron chi connectivity index (χ0n) is 11.6. The minimum atomic E-state index is 0.0571. The molecule has 1 aromatic carbocycles. The van der Waals surface area contributed by atoms with Crippen molar-refractivity contribution in [2.24, 2.45) is 0 Å². The number of hydrogen-bond acceptors (Lipinski definition) is 3. The second kappa shape index (κ2) is 6.06. The number of methoxy groups -OCH3 is 2. The lowest BCUT2D eigenvalue weighted by molar-refractivity contribution is -0.122. The van der Waals surface area contributed by atoms with Crippen molar-refractivity contribution in [2.75, 3.05) is 27.4 Å². The molecule has 0 aromatic heterocycles. The molecule has 19 heavy (non-hydrogen) atoms. The van der Waals surface area contributed by atoms with Crippen LogP contribution in [0, 0.1) is 0 Å². The van der Waals surface area contributed by atoms with Crippen LogP contribution < -0.4 is 10.1 Å². The molecule has 2 rings (SSSR count). The van der Waals surface area contributed by atoms with Crippen molar-refractivity contribution in [3.05, 3.63) is 29.8 Å². The van der Waals surface area contributed by atoms with Gasteiger partial charge in [-0.2, -0.15) is 0 Å². The minimum Gasteiger partial charge on any atom is -0.497 e. The van der Waals surface area contributed by atoms with Gasteiger partial charge in [-0.3, -0.25) is 4.79 Å². The summed E-state index contributed by atoms with van der Waals surface area (Å²) in [4.78, 5) is 11.6. The van der Waals surface area contributed by atoms with Gasteiger partial charge >= 0.3 is 0 Å². The van der Waals surface area contributed by atoms with Gasteiger partial charge < -0.3 is 14.8 Å². The minimum absolute atomic E-state index is 0.0571. The highest BCUT2D eigenvalue weighted by molar-refractivity contribution is 5.76. The average molecular weight is 263 g/mol. The van der Waals surface area contributed by atoms with Gasteiger partial charge in [0.1, 0.15) is 5.75 Å². The van der Waals surface area contributed by atoms with E-state index in [1.807, 2.05) is 12.1 Å². The summed E-state index contributed by atoms with van der Waals surface area (Å²) < 4.78 is 10.1. The molecular formula is C15H21NO3. The topological polar surface area (TPSA) is 47.6 Å². The van der Waals surface area contributed by atoms with E-state index >= 15 is 0 Å². The molecule has 0 spiro atoms. The molecular weight excluding hydrogens is 242 g/mol. The van der Waals surface area contributed by atoms with E-state index in [1.165, 1.54) is 5.56 Å². The van der Waals surface area contributed by atoms with Crippen LogP contribution in [0.5, 0.6) is 5.75 Å². The largest absolute Gasteiger partial charge is 0.497 e. The van der Waals surface area contributed by atoms with Crippen LogP contribution in [0.2, 0.25) is 0 Å². The van der Waals surface area contributed by atoms with Gasteiger partial charge in [-0.15, -0.1) is 0 Å². The summed E-state index contributed by atoms with van der Waals surface area (Å²) >= 11 is 0. The van der Waals surface area contributed by atoms with Crippen LogP contribution >= 0.6 is 0 Å². The van der Waals surface area contributed by atoms with Crippen LogP contribution in [0.4, 0.5) is 0 Å². The molecule has 1 amide bonds. The first kappa shape index (κ1) is 13.9. The molecule has 4 heteroatoms. The van der Waals surface area contributed by atoms with E-state index in [0.717, 1.165) is 18.6 Å². The Morgan fingerprint density at radius 3 is 2.47 bits per heavy atom. The SMILES string of the molecule is COCCC(=O)NCC1(c2ccc(OC)cc2)CC1. The zero-order chi connectivity index (χ0) is 13.7. The molecule has 0 saturated heterocycles. The summed E-state index contributed by atoms with van der Waals surface area (Å²) in [7, 11) is 3.27. The fraction of sp³-hybridized carbons (Fsp3) is 0.533. The van der Waals surface area contributed by atoms with Gasteiger partial charge in [-0.1, -0.05) is 12.1 Å². The molecule has 0 aliphatic heterocycles. The Kier molecular flexibility index (Phi) is 4.43. The Balaban J connectivity index is 1.89. The second-order valence-electron chi connectivity index (χ2n) is 5.03. The number of carbonyl (C=O) groups excluding carboxylic acids is 1. The molecule has 1 fully saturated rings. The Bertz CT molecular complexity index is 424. The monoisotopic (exact) mass is 263 g/mol. The van der Waals surface area contributed by atoms with Crippen LogP contribution in [0.1, 0.15) is 24.8 Å². The van der Waals surface area contributed by atoms with E-state index in [4.69, 9.17) is 9.47 Å². The quantitative estimate of drug-likeness (QED) is 0.817. The Morgan fingerprint density at radius 2 is 1.95 bits per heavy atom. The molecule has 1 saturated carbocycles. The summed E-state index contributed by atoms with van der Waals surface area (Å²) in [6, 6.07) is 8.13. The third kappa shape index (κ3) is 3.47. The highest BCUT2D eigenvalue weighted by Gasteiger charge is 2.44. The van der Waals surface area contributed by atoms with Gasteiger partial charge in [0.05, 0.1) is 13.7 Å². The molecule has 1 aliphatic carbocycles. The molecule has 4 nitrogen and oxygen atoms in total. The van der Waals surface area contributed by atoms with Crippen molar-refractivity contribution in [1.82, 2.24) is 5.32 Å². The van der Waals surface area contributed by atoms with Crippen LogP contribution in [0.25, 0.3) is 0 Å². The van der Waals surface area contributed by atoms with Crippen molar-refractivity contribution < 1.29 is 14.3 Å². The predicted octanol–water partition coefficient (Wildman–Crippen LogP) is 1.88. The van der Waals surface area contributed by atoms with Gasteiger partial charge in [-0.25, -0.2) is 0 Å². The maximum atomic E-state index is 11.6. The smallest absolute Gasteiger partial charge is 0.222 e. The van der Waals surface area contributed by atoms with Gasteiger partial charge in [0.15, 0.2) is 0 Å². The van der Waals surface area contributed by atoms with Crippen LogP contribution in [-0.2, 0) is 14.9 Å². The van der Waals surface area contributed by atoms with Crippen molar-refractivity contribution in [3.63, 3.8) is 0 Å². The van der Waals surface area contributed by atoms with E-state index in [2.05, 4.69) is 17.4 Å². The normalized spacial score (nSPS) is 15.9. The van der Waals surface area contributed by atoms with Gasteiger partial charge in [-0.05, 0) is 30.5 Å². The number of nitrogens with one attached hydrogen (secondary N) is 1. The molecule has 104 valence electrons. The number of rotatable bonds is 7. The standard InChI is InChI=1S/C15H21NO3/c1-18-10-7-14(17)16-11-15(8-9-15)12-3-5-13(19-2)6-4-12/h3-6H,7-11H2,1-2H3,(H,16,17). The fourth-order valence-electron chi connectivity index (χ4n) is 2.21. The van der Waals surface area contributed by atoms with Crippen molar-refractivity contribution in [2.45, 2.75) is 24.7 Å². The van der Waals surface area contributed by atoms with Crippen LogP contribution in [-0.4, -0.2) is 33.3 Å². The van der Waals surface area contributed by atoms with Gasteiger partial charge in [0.25, 0.3) is 0 Å². The first-order chi connectivity index (χ1) is 9.20. The van der Waals surface area contributed by atoms with E-state index < -0.39 is 0 Å². The zero-order valence-corrected chi connectivity index (χ0v) is 11.6. The van der Waals surface area contributed by atoms with Crippen LogP contribution in [0.3, 0.4) is 0 Å². The molecule has 0 unspecified atom stereocenters. The molecule has 0 atom stereocenters. The van der Waals surface area contributed by atoms with Crippen molar-refractivity contribution in [1.29, 1.82) is 0 Å². The lowest BCUT2D eigenvalue weighted by Gasteiger charge is -2.17. The summed E-state index contributed by atoms with van der Waals surface area (Å²) in [5.74, 6) is 0.922. The molecule has 0 heterocycles. The summed E-state index contributed by atoms with van der Waals surface area (Å²) in [6.07, 6.45) is 2.68. The first-order valence-corrected chi connectivity index (χ1v) is 6.60. The third-order valence-corrected chi connectivity index (χ3v) is 3.71. The predicted molar refractivity (Wildman–Crippen MR) is 73.4 cm³/mol. The Labute approximate surface area is 114 Å².